The molecule has 1 aliphatic heterocycles. The number of nitrogens with zero attached hydrogens (tertiary/aromatic N) is 2. The molecule has 2 amide bonds. The zero-order chi connectivity index (χ0) is 22.3. The molecule has 0 bridgehead atoms. The van der Waals surface area contributed by atoms with Crippen LogP contribution in [0.25, 0.3) is 0 Å². The molecule has 1 saturated heterocycles. The minimum atomic E-state index is -0.462. The number of benzene rings is 3. The van der Waals surface area contributed by atoms with Crippen LogP contribution in [0.15, 0.2) is 84.0 Å². The number of hydrazone groups is 1. The fraction of sp³-hybridized carbons (Fsp3) is 0.160. The molecule has 1 aliphatic rings. The fourth-order valence-electron chi connectivity index (χ4n) is 3.44. The standard InChI is InChI=1S/C25H22ClN3O3/c26-21-9-11-22(12-10-21)29-16-20(14-24(29)30)25(31)28-27-15-19-7-4-8-23(13-19)32-17-18-5-2-1-3-6-18/h1-13,15,20H,14,16-17H2,(H,28,31)/b27-15-/t20-/m1/s1. The first-order valence-electron chi connectivity index (χ1n) is 10.2. The van der Waals surface area contributed by atoms with Gasteiger partial charge in [-0.25, -0.2) is 5.43 Å². The Balaban J connectivity index is 1.30. The van der Waals surface area contributed by atoms with Gasteiger partial charge in [0, 0.05) is 23.7 Å². The lowest BCUT2D eigenvalue weighted by Crippen LogP contribution is -2.30. The number of carbonyl (C=O) groups excluding carboxylic acids is 2. The predicted octanol–water partition coefficient (Wildman–Crippen LogP) is 4.42. The highest BCUT2D eigenvalue weighted by Gasteiger charge is 2.35. The van der Waals surface area contributed by atoms with Gasteiger partial charge in [0.2, 0.25) is 11.8 Å². The van der Waals surface area contributed by atoms with Crippen molar-refractivity contribution in [2.45, 2.75) is 13.0 Å². The van der Waals surface area contributed by atoms with E-state index in [-0.39, 0.29) is 18.2 Å². The van der Waals surface area contributed by atoms with Crippen molar-refractivity contribution in [1.29, 1.82) is 0 Å². The van der Waals surface area contributed by atoms with Crippen LogP contribution in [0.1, 0.15) is 17.5 Å². The van der Waals surface area contributed by atoms with Gasteiger partial charge in [0.15, 0.2) is 0 Å². The summed E-state index contributed by atoms with van der Waals surface area (Å²) in [6.45, 7) is 0.780. The summed E-state index contributed by atoms with van der Waals surface area (Å²) in [5.41, 5.74) is 5.14. The van der Waals surface area contributed by atoms with Crippen molar-refractivity contribution in [2.75, 3.05) is 11.4 Å². The van der Waals surface area contributed by atoms with Crippen molar-refractivity contribution in [2.24, 2.45) is 11.0 Å². The van der Waals surface area contributed by atoms with Crippen LogP contribution in [0.4, 0.5) is 5.69 Å². The lowest BCUT2D eigenvalue weighted by molar-refractivity contribution is -0.126. The summed E-state index contributed by atoms with van der Waals surface area (Å²) in [6.07, 6.45) is 1.70. The van der Waals surface area contributed by atoms with Crippen LogP contribution in [0.3, 0.4) is 0 Å². The van der Waals surface area contributed by atoms with Gasteiger partial charge in [0.25, 0.3) is 0 Å². The number of nitrogens with one attached hydrogen (secondary N) is 1. The molecule has 1 fully saturated rings. The van der Waals surface area contributed by atoms with Crippen molar-refractivity contribution in [3.05, 3.63) is 95.0 Å². The molecule has 3 aromatic carbocycles. The molecule has 0 spiro atoms. The van der Waals surface area contributed by atoms with E-state index >= 15 is 0 Å². The summed E-state index contributed by atoms with van der Waals surface area (Å²) in [6, 6.07) is 24.3. The van der Waals surface area contributed by atoms with Crippen molar-refractivity contribution >= 4 is 35.3 Å². The number of carbonyl (C=O) groups is 2. The van der Waals surface area contributed by atoms with Gasteiger partial charge in [-0.05, 0) is 47.5 Å². The average molecular weight is 448 g/mol. The smallest absolute Gasteiger partial charge is 0.245 e. The Morgan fingerprint density at radius 2 is 1.88 bits per heavy atom. The van der Waals surface area contributed by atoms with Gasteiger partial charge in [0.1, 0.15) is 12.4 Å². The molecule has 0 radical (unpaired) electrons. The number of amides is 2. The molecule has 32 heavy (non-hydrogen) atoms. The van der Waals surface area contributed by atoms with Gasteiger partial charge >= 0.3 is 0 Å². The topological polar surface area (TPSA) is 71.0 Å². The summed E-state index contributed by atoms with van der Waals surface area (Å²) in [5.74, 6) is -0.137. The second-order valence-corrected chi connectivity index (χ2v) is 7.90. The Hall–Kier alpha value is -3.64. The molecule has 0 unspecified atom stereocenters. The summed E-state index contributed by atoms with van der Waals surface area (Å²) in [4.78, 5) is 26.4. The minimum absolute atomic E-state index is 0.0975. The second kappa shape index (κ2) is 10.1. The molecule has 0 saturated carbocycles. The molecule has 1 atom stereocenters. The van der Waals surface area contributed by atoms with E-state index in [1.807, 2.05) is 54.6 Å². The fourth-order valence-corrected chi connectivity index (χ4v) is 3.57. The van der Waals surface area contributed by atoms with E-state index in [0.717, 1.165) is 16.8 Å². The third-order valence-electron chi connectivity index (χ3n) is 5.13. The molecule has 1 N–H and O–H groups in total. The highest BCUT2D eigenvalue weighted by Crippen LogP contribution is 2.26. The first kappa shape index (κ1) is 21.6. The quantitative estimate of drug-likeness (QED) is 0.430. The van der Waals surface area contributed by atoms with Gasteiger partial charge in [-0.15, -0.1) is 0 Å². The minimum Gasteiger partial charge on any atom is -0.489 e. The molecule has 0 aliphatic carbocycles. The zero-order valence-electron chi connectivity index (χ0n) is 17.3. The maximum absolute atomic E-state index is 12.5. The van der Waals surface area contributed by atoms with Crippen molar-refractivity contribution in [1.82, 2.24) is 5.43 Å². The predicted molar refractivity (Wildman–Crippen MR) is 125 cm³/mol. The van der Waals surface area contributed by atoms with E-state index in [2.05, 4.69) is 10.5 Å². The Labute approximate surface area is 191 Å². The van der Waals surface area contributed by atoms with Crippen LogP contribution < -0.4 is 15.1 Å². The summed E-state index contributed by atoms with van der Waals surface area (Å²) in [7, 11) is 0. The second-order valence-electron chi connectivity index (χ2n) is 7.46. The lowest BCUT2D eigenvalue weighted by Gasteiger charge is -2.16. The van der Waals surface area contributed by atoms with Crippen LogP contribution in [-0.2, 0) is 16.2 Å². The molecular formula is C25H22ClN3O3. The molecule has 1 heterocycles. The van der Waals surface area contributed by atoms with Gasteiger partial charge in [0.05, 0.1) is 12.1 Å². The monoisotopic (exact) mass is 447 g/mol. The molecule has 6 nitrogen and oxygen atoms in total. The van der Waals surface area contributed by atoms with E-state index in [0.29, 0.717) is 23.9 Å². The first-order chi connectivity index (χ1) is 15.6. The van der Waals surface area contributed by atoms with E-state index in [9.17, 15) is 9.59 Å². The van der Waals surface area contributed by atoms with Gasteiger partial charge in [-0.1, -0.05) is 54.1 Å². The average Bonchev–Trinajstić information content (AvgIpc) is 3.21. The van der Waals surface area contributed by atoms with Crippen molar-refractivity contribution in [3.8, 4) is 5.75 Å². The summed E-state index contributed by atoms with van der Waals surface area (Å²) in [5, 5.41) is 4.65. The van der Waals surface area contributed by atoms with Crippen molar-refractivity contribution < 1.29 is 14.3 Å². The number of hydrogen-bond acceptors (Lipinski definition) is 4. The van der Waals surface area contributed by atoms with Crippen LogP contribution in [0.2, 0.25) is 5.02 Å². The normalized spacial score (nSPS) is 15.8. The maximum Gasteiger partial charge on any atom is 0.245 e. The Kier molecular flexibility index (Phi) is 6.82. The zero-order valence-corrected chi connectivity index (χ0v) is 18.0. The number of rotatable bonds is 7. The van der Waals surface area contributed by atoms with E-state index in [1.165, 1.54) is 0 Å². The van der Waals surface area contributed by atoms with Crippen LogP contribution in [0, 0.1) is 5.92 Å². The molecular weight excluding hydrogens is 426 g/mol. The molecule has 3 aromatic rings. The molecule has 7 heteroatoms. The Morgan fingerprint density at radius 3 is 2.66 bits per heavy atom. The van der Waals surface area contributed by atoms with Gasteiger partial charge < -0.3 is 9.64 Å². The summed E-state index contributed by atoms with van der Waals surface area (Å²) < 4.78 is 5.81. The molecule has 4 rings (SSSR count). The largest absolute Gasteiger partial charge is 0.489 e. The number of ether oxygens (including phenoxy) is 1. The first-order valence-corrected chi connectivity index (χ1v) is 10.6. The third kappa shape index (κ3) is 5.53. The lowest BCUT2D eigenvalue weighted by atomic mass is 10.1. The van der Waals surface area contributed by atoms with Gasteiger partial charge in [-0.2, -0.15) is 5.10 Å². The molecule has 162 valence electrons. The Bertz CT molecular complexity index is 1120. The van der Waals surface area contributed by atoms with Crippen LogP contribution in [0.5, 0.6) is 5.75 Å². The highest BCUT2D eigenvalue weighted by atomic mass is 35.5. The highest BCUT2D eigenvalue weighted by molar-refractivity contribution is 6.30. The van der Waals surface area contributed by atoms with E-state index < -0.39 is 5.92 Å². The Morgan fingerprint density at radius 1 is 1.09 bits per heavy atom. The van der Waals surface area contributed by atoms with E-state index in [1.54, 1.807) is 35.4 Å². The van der Waals surface area contributed by atoms with E-state index in [4.69, 9.17) is 16.3 Å². The third-order valence-corrected chi connectivity index (χ3v) is 5.38. The number of anilines is 1. The van der Waals surface area contributed by atoms with Crippen LogP contribution in [-0.4, -0.2) is 24.6 Å². The molecule has 0 aromatic heterocycles. The number of hydrogen-bond donors (Lipinski definition) is 1. The van der Waals surface area contributed by atoms with Crippen LogP contribution >= 0.6 is 11.6 Å². The van der Waals surface area contributed by atoms with Gasteiger partial charge in [-0.3, -0.25) is 9.59 Å². The SMILES string of the molecule is O=C(N/N=C\c1cccc(OCc2ccccc2)c1)[C@@H]1CC(=O)N(c2ccc(Cl)cc2)C1. The summed E-state index contributed by atoms with van der Waals surface area (Å²) >= 11 is 5.91. The maximum atomic E-state index is 12.5. The van der Waals surface area contributed by atoms with Crippen molar-refractivity contribution in [3.63, 3.8) is 0 Å². The number of halogens is 1.